The Labute approximate surface area is 106 Å². The van der Waals surface area contributed by atoms with Crippen LogP contribution in [0.5, 0.6) is 0 Å². The van der Waals surface area contributed by atoms with Gasteiger partial charge in [0.15, 0.2) is 0 Å². The Morgan fingerprint density at radius 1 is 1.56 bits per heavy atom. The molecule has 2 heterocycles. The van der Waals surface area contributed by atoms with Crippen LogP contribution in [-0.4, -0.2) is 14.9 Å². The van der Waals surface area contributed by atoms with Crippen molar-refractivity contribution in [1.82, 2.24) is 9.97 Å². The van der Waals surface area contributed by atoms with E-state index in [1.54, 1.807) is 11.7 Å². The number of nitrogens with zero attached hydrogens (tertiary/aromatic N) is 4. The molecule has 0 bridgehead atoms. The van der Waals surface area contributed by atoms with Crippen LogP contribution < -0.4 is 5.32 Å². The van der Waals surface area contributed by atoms with E-state index in [1.807, 2.05) is 6.07 Å². The van der Waals surface area contributed by atoms with E-state index in [1.165, 1.54) is 23.6 Å². The zero-order valence-electron chi connectivity index (χ0n) is 9.03. The Balaban J connectivity index is 2.22. The van der Waals surface area contributed by atoms with Gasteiger partial charge in [-0.25, -0.2) is 4.98 Å². The van der Waals surface area contributed by atoms with Gasteiger partial charge in [0.25, 0.3) is 0 Å². The first-order chi connectivity index (χ1) is 8.70. The molecule has 8 heteroatoms. The number of thiazole rings is 1. The number of aromatic nitrogens is 2. The van der Waals surface area contributed by atoms with E-state index in [-0.39, 0.29) is 17.1 Å². The molecule has 18 heavy (non-hydrogen) atoms. The highest BCUT2D eigenvalue weighted by molar-refractivity contribution is 7.09. The van der Waals surface area contributed by atoms with Gasteiger partial charge < -0.3 is 5.32 Å². The number of pyridine rings is 1. The van der Waals surface area contributed by atoms with Crippen LogP contribution in [0.3, 0.4) is 0 Å². The van der Waals surface area contributed by atoms with Gasteiger partial charge in [-0.05, 0) is 0 Å². The summed E-state index contributed by atoms with van der Waals surface area (Å²) in [7, 11) is 0. The summed E-state index contributed by atoms with van der Waals surface area (Å²) in [5, 5.41) is 22.4. The lowest BCUT2D eigenvalue weighted by Crippen LogP contribution is -2.04. The lowest BCUT2D eigenvalue weighted by molar-refractivity contribution is -0.384. The SMILES string of the molecule is N#Cc1cnc(NCc2cncs2)c([N+](=O)[O-])c1. The molecule has 0 amide bonds. The van der Waals surface area contributed by atoms with Gasteiger partial charge in [-0.3, -0.25) is 15.1 Å². The van der Waals surface area contributed by atoms with Crippen molar-refractivity contribution in [3.05, 3.63) is 44.5 Å². The molecule has 0 unspecified atom stereocenters. The number of anilines is 1. The zero-order chi connectivity index (χ0) is 13.0. The summed E-state index contributed by atoms with van der Waals surface area (Å²) >= 11 is 1.44. The molecule has 2 aromatic rings. The quantitative estimate of drug-likeness (QED) is 0.666. The van der Waals surface area contributed by atoms with Gasteiger partial charge in [0.1, 0.15) is 6.07 Å². The van der Waals surface area contributed by atoms with E-state index in [2.05, 4.69) is 15.3 Å². The predicted molar refractivity (Wildman–Crippen MR) is 65.0 cm³/mol. The van der Waals surface area contributed by atoms with Gasteiger partial charge >= 0.3 is 5.69 Å². The third kappa shape index (κ3) is 2.58. The molecule has 0 atom stereocenters. The van der Waals surface area contributed by atoms with Crippen molar-refractivity contribution in [3.8, 4) is 6.07 Å². The maximum atomic E-state index is 10.9. The second kappa shape index (κ2) is 5.20. The third-order valence-corrected chi connectivity index (χ3v) is 2.89. The van der Waals surface area contributed by atoms with Crippen molar-refractivity contribution in [2.75, 3.05) is 5.32 Å². The predicted octanol–water partition coefficient (Wildman–Crippen LogP) is 1.93. The maximum absolute atomic E-state index is 10.9. The first-order valence-electron chi connectivity index (χ1n) is 4.86. The third-order valence-electron chi connectivity index (χ3n) is 2.11. The number of rotatable bonds is 4. The van der Waals surface area contributed by atoms with Crippen LogP contribution >= 0.6 is 11.3 Å². The van der Waals surface area contributed by atoms with Gasteiger partial charge in [-0.1, -0.05) is 0 Å². The highest BCUT2D eigenvalue weighted by Gasteiger charge is 2.16. The smallest absolute Gasteiger partial charge is 0.312 e. The number of nitro groups is 1. The minimum atomic E-state index is -0.567. The Hall–Kier alpha value is -2.53. The topological polar surface area (TPSA) is 105 Å². The lowest BCUT2D eigenvalue weighted by Gasteiger charge is -2.04. The normalized spacial score (nSPS) is 9.72. The molecule has 0 aliphatic carbocycles. The highest BCUT2D eigenvalue weighted by Crippen LogP contribution is 2.23. The summed E-state index contributed by atoms with van der Waals surface area (Å²) in [5.41, 5.74) is 1.63. The average molecular weight is 261 g/mol. The molecule has 0 aliphatic heterocycles. The lowest BCUT2D eigenvalue weighted by atomic mass is 10.3. The molecule has 1 N–H and O–H groups in total. The van der Waals surface area contributed by atoms with E-state index in [4.69, 9.17) is 5.26 Å². The van der Waals surface area contributed by atoms with Gasteiger partial charge in [-0.2, -0.15) is 5.26 Å². The summed E-state index contributed by atoms with van der Waals surface area (Å²) in [4.78, 5) is 19.0. The van der Waals surface area contributed by atoms with E-state index < -0.39 is 4.92 Å². The van der Waals surface area contributed by atoms with Crippen molar-refractivity contribution >= 4 is 22.8 Å². The minimum Gasteiger partial charge on any atom is -0.359 e. The standard InChI is InChI=1S/C10H7N5O2S/c11-2-7-1-9(15(16)17)10(13-3-7)14-5-8-4-12-6-18-8/h1,3-4,6H,5H2,(H,13,14). The van der Waals surface area contributed by atoms with Crippen molar-refractivity contribution in [2.24, 2.45) is 0 Å². The second-order valence-corrected chi connectivity index (χ2v) is 4.25. The van der Waals surface area contributed by atoms with Crippen LogP contribution in [0, 0.1) is 21.4 Å². The molecular formula is C10H7N5O2S. The fourth-order valence-electron chi connectivity index (χ4n) is 1.29. The molecule has 0 aromatic carbocycles. The monoisotopic (exact) mass is 261 g/mol. The van der Waals surface area contributed by atoms with E-state index in [9.17, 15) is 10.1 Å². The number of hydrogen-bond acceptors (Lipinski definition) is 7. The summed E-state index contributed by atoms with van der Waals surface area (Å²) in [6.45, 7) is 0.407. The minimum absolute atomic E-state index is 0.146. The van der Waals surface area contributed by atoms with Crippen LogP contribution in [0.2, 0.25) is 0 Å². The fourth-order valence-corrected chi connectivity index (χ4v) is 1.82. The van der Waals surface area contributed by atoms with E-state index in [0.29, 0.717) is 6.54 Å². The van der Waals surface area contributed by atoms with Crippen LogP contribution in [0.1, 0.15) is 10.4 Å². The second-order valence-electron chi connectivity index (χ2n) is 3.28. The largest absolute Gasteiger partial charge is 0.359 e. The molecule has 0 radical (unpaired) electrons. The summed E-state index contributed by atoms with van der Waals surface area (Å²) < 4.78 is 0. The molecule has 2 aromatic heterocycles. The maximum Gasteiger partial charge on any atom is 0.312 e. The Morgan fingerprint density at radius 2 is 2.39 bits per heavy atom. The summed E-state index contributed by atoms with van der Waals surface area (Å²) in [6, 6.07) is 3.01. The molecule has 0 fully saturated rings. The van der Waals surface area contributed by atoms with Crippen molar-refractivity contribution < 1.29 is 4.92 Å². The van der Waals surface area contributed by atoms with Gasteiger partial charge in [0, 0.05) is 23.3 Å². The van der Waals surface area contributed by atoms with Crippen molar-refractivity contribution in [3.63, 3.8) is 0 Å². The number of nitrogens with one attached hydrogen (secondary N) is 1. The van der Waals surface area contributed by atoms with Crippen LogP contribution in [0.25, 0.3) is 0 Å². The number of nitriles is 1. The highest BCUT2D eigenvalue weighted by atomic mass is 32.1. The molecule has 90 valence electrons. The fraction of sp³-hybridized carbons (Fsp3) is 0.100. The Bertz CT molecular complexity index is 605. The van der Waals surface area contributed by atoms with Gasteiger partial charge in [0.05, 0.1) is 22.5 Å². The van der Waals surface area contributed by atoms with Gasteiger partial charge in [0.2, 0.25) is 5.82 Å². The van der Waals surface area contributed by atoms with Crippen LogP contribution in [0.15, 0.2) is 24.0 Å². The van der Waals surface area contributed by atoms with Crippen molar-refractivity contribution in [2.45, 2.75) is 6.54 Å². The van der Waals surface area contributed by atoms with Crippen LogP contribution in [-0.2, 0) is 6.54 Å². The first-order valence-corrected chi connectivity index (χ1v) is 5.74. The first kappa shape index (κ1) is 11.9. The van der Waals surface area contributed by atoms with Gasteiger partial charge in [-0.15, -0.1) is 11.3 Å². The Morgan fingerprint density at radius 3 is 3.00 bits per heavy atom. The zero-order valence-corrected chi connectivity index (χ0v) is 9.85. The molecule has 2 rings (SSSR count). The Kier molecular flexibility index (Phi) is 3.45. The molecule has 0 saturated carbocycles. The summed E-state index contributed by atoms with van der Waals surface area (Å²) in [6.07, 6.45) is 2.97. The van der Waals surface area contributed by atoms with Crippen LogP contribution in [0.4, 0.5) is 11.5 Å². The molecule has 0 saturated heterocycles. The molecule has 0 spiro atoms. The average Bonchev–Trinajstić information content (AvgIpc) is 2.89. The number of hydrogen-bond donors (Lipinski definition) is 1. The van der Waals surface area contributed by atoms with Crippen molar-refractivity contribution in [1.29, 1.82) is 5.26 Å². The molecule has 7 nitrogen and oxygen atoms in total. The molecular weight excluding hydrogens is 254 g/mol. The molecule has 0 aliphatic rings. The van der Waals surface area contributed by atoms with E-state index in [0.717, 1.165) is 4.88 Å². The summed E-state index contributed by atoms with van der Waals surface area (Å²) in [5.74, 6) is 0.146. The van der Waals surface area contributed by atoms with E-state index >= 15 is 0 Å².